The number of carbonyl (C=O) groups is 2. The van der Waals surface area contributed by atoms with E-state index in [-0.39, 0.29) is 5.13 Å². The fourth-order valence-corrected chi connectivity index (χ4v) is 2.79. The number of likely N-dealkylation sites (tertiary alicyclic amines) is 1. The first-order valence-corrected chi connectivity index (χ1v) is 6.78. The Morgan fingerprint density at radius 3 is 2.57 bits per heavy atom. The van der Waals surface area contributed by atoms with Gasteiger partial charge in [-0.1, -0.05) is 0 Å². The predicted octanol–water partition coefficient (Wildman–Crippen LogP) is 2.18. The van der Waals surface area contributed by atoms with Crippen molar-refractivity contribution in [1.29, 1.82) is 0 Å². The number of nitrogens with zero attached hydrogens (tertiary/aromatic N) is 2. The number of hydrogen-bond donors (Lipinski definition) is 2. The van der Waals surface area contributed by atoms with Gasteiger partial charge in [0.25, 0.3) is 0 Å². The third kappa shape index (κ3) is 3.43. The van der Waals surface area contributed by atoms with Crippen molar-refractivity contribution in [2.24, 2.45) is 11.8 Å². The molecule has 1 aromatic heterocycles. The van der Waals surface area contributed by atoms with Crippen LogP contribution in [0.15, 0.2) is 6.20 Å². The number of aryl methyl sites for hydroxylation is 1. The van der Waals surface area contributed by atoms with Gasteiger partial charge in [0.05, 0.1) is 11.8 Å². The third-order valence-corrected chi connectivity index (χ3v) is 4.01. The number of carbonyl (C=O) groups excluding carboxylic acids is 1. The van der Waals surface area contributed by atoms with Gasteiger partial charge in [0.2, 0.25) is 0 Å². The van der Waals surface area contributed by atoms with Gasteiger partial charge in [-0.05, 0) is 6.92 Å². The van der Waals surface area contributed by atoms with Gasteiger partial charge in [-0.25, -0.2) is 9.78 Å². The summed E-state index contributed by atoms with van der Waals surface area (Å²) in [6.45, 7) is 0.621. The van der Waals surface area contributed by atoms with Crippen molar-refractivity contribution in [1.82, 2.24) is 9.88 Å². The van der Waals surface area contributed by atoms with E-state index in [1.807, 2.05) is 0 Å². The molecule has 1 aliphatic heterocycles. The van der Waals surface area contributed by atoms with Gasteiger partial charge in [-0.15, -0.1) is 11.3 Å². The number of alkyl halides is 3. The lowest BCUT2D eigenvalue weighted by molar-refractivity contribution is -0.187. The van der Waals surface area contributed by atoms with Crippen LogP contribution in [-0.2, 0) is 4.79 Å². The standard InChI is InChI=1S/C11H12F3N3O3S/c1-5-2-15-9(21-5)16-10(20)17-3-6(8(18)19)7(4-17)11(12,13)14/h2,6-7H,3-4H2,1H3,(H,18,19)(H,15,16,20)/t6-,7-/m1/s1. The van der Waals surface area contributed by atoms with Crippen LogP contribution in [0.5, 0.6) is 0 Å². The van der Waals surface area contributed by atoms with Crippen molar-refractivity contribution >= 4 is 28.5 Å². The van der Waals surface area contributed by atoms with Crippen molar-refractivity contribution in [3.63, 3.8) is 0 Å². The number of anilines is 1. The minimum atomic E-state index is -4.66. The van der Waals surface area contributed by atoms with Crippen LogP contribution in [0.4, 0.5) is 23.1 Å². The van der Waals surface area contributed by atoms with E-state index < -0.39 is 43.1 Å². The smallest absolute Gasteiger partial charge is 0.394 e. The van der Waals surface area contributed by atoms with Gasteiger partial charge < -0.3 is 10.0 Å². The number of thiazole rings is 1. The number of aromatic nitrogens is 1. The fourth-order valence-electron chi connectivity index (χ4n) is 2.13. The van der Waals surface area contributed by atoms with E-state index in [1.54, 1.807) is 6.92 Å². The number of nitrogens with one attached hydrogen (secondary N) is 1. The molecule has 21 heavy (non-hydrogen) atoms. The second-order valence-corrected chi connectivity index (χ2v) is 5.94. The molecule has 116 valence electrons. The highest BCUT2D eigenvalue weighted by atomic mass is 32.1. The lowest BCUT2D eigenvalue weighted by Gasteiger charge is -2.18. The molecular formula is C11H12F3N3O3S. The molecule has 1 aliphatic rings. The number of carboxylic acids is 1. The average Bonchev–Trinajstić information content (AvgIpc) is 2.94. The number of urea groups is 1. The first kappa shape index (κ1) is 15.5. The first-order chi connectivity index (χ1) is 9.68. The van der Waals surface area contributed by atoms with Crippen molar-refractivity contribution < 1.29 is 27.9 Å². The van der Waals surface area contributed by atoms with E-state index in [0.29, 0.717) is 0 Å². The van der Waals surface area contributed by atoms with Gasteiger partial charge in [-0.3, -0.25) is 10.1 Å². The molecule has 2 heterocycles. The van der Waals surface area contributed by atoms with E-state index in [1.165, 1.54) is 17.5 Å². The number of carboxylic acid groups (broad SMARTS) is 1. The number of amides is 2. The normalized spacial score (nSPS) is 22.4. The summed E-state index contributed by atoms with van der Waals surface area (Å²) in [5.41, 5.74) is 0. The Morgan fingerprint density at radius 2 is 2.14 bits per heavy atom. The molecule has 1 fully saturated rings. The molecule has 0 bridgehead atoms. The SMILES string of the molecule is Cc1cnc(NC(=O)N2C[C@@H](C(F)(F)F)[C@H](C(=O)O)C2)s1. The Balaban J connectivity index is 2.08. The predicted molar refractivity (Wildman–Crippen MR) is 68.1 cm³/mol. The maximum absolute atomic E-state index is 12.8. The molecule has 0 radical (unpaired) electrons. The minimum Gasteiger partial charge on any atom is -0.481 e. The summed E-state index contributed by atoms with van der Waals surface area (Å²) in [5.74, 6) is -5.26. The van der Waals surface area contributed by atoms with Crippen LogP contribution in [0.3, 0.4) is 0 Å². The van der Waals surface area contributed by atoms with Gasteiger partial charge in [0.1, 0.15) is 0 Å². The minimum absolute atomic E-state index is 0.264. The first-order valence-electron chi connectivity index (χ1n) is 5.96. The summed E-state index contributed by atoms with van der Waals surface area (Å²) in [6.07, 6.45) is -3.14. The quantitative estimate of drug-likeness (QED) is 0.874. The highest BCUT2D eigenvalue weighted by Crippen LogP contribution is 2.37. The van der Waals surface area contributed by atoms with Crippen LogP contribution in [0.25, 0.3) is 0 Å². The summed E-state index contributed by atoms with van der Waals surface area (Å²) in [7, 11) is 0. The molecule has 0 unspecified atom stereocenters. The molecule has 10 heteroatoms. The van der Waals surface area contributed by atoms with Crippen LogP contribution >= 0.6 is 11.3 Å². The maximum Gasteiger partial charge on any atom is 0.394 e. The zero-order valence-electron chi connectivity index (χ0n) is 10.8. The number of rotatable bonds is 2. The summed E-state index contributed by atoms with van der Waals surface area (Å²) in [6, 6.07) is -0.776. The highest BCUT2D eigenvalue weighted by Gasteiger charge is 2.53. The van der Waals surface area contributed by atoms with E-state index in [0.717, 1.165) is 9.78 Å². The van der Waals surface area contributed by atoms with Crippen molar-refractivity contribution in [2.75, 3.05) is 18.4 Å². The summed E-state index contributed by atoms with van der Waals surface area (Å²) < 4.78 is 38.4. The Bertz CT molecular complexity index is 560. The van der Waals surface area contributed by atoms with Gasteiger partial charge in [-0.2, -0.15) is 13.2 Å². The summed E-state index contributed by atoms with van der Waals surface area (Å²) in [5, 5.41) is 11.5. The lowest BCUT2D eigenvalue weighted by atomic mass is 9.96. The molecular weight excluding hydrogens is 311 g/mol. The topological polar surface area (TPSA) is 82.5 Å². The monoisotopic (exact) mass is 323 g/mol. The number of hydrogen-bond acceptors (Lipinski definition) is 4. The van der Waals surface area contributed by atoms with Crippen LogP contribution in [0.1, 0.15) is 4.88 Å². The van der Waals surface area contributed by atoms with Crippen LogP contribution in [0.2, 0.25) is 0 Å². The van der Waals surface area contributed by atoms with Gasteiger partial charge in [0, 0.05) is 24.2 Å². The molecule has 0 saturated carbocycles. The second kappa shape index (κ2) is 5.51. The Morgan fingerprint density at radius 1 is 1.48 bits per heavy atom. The largest absolute Gasteiger partial charge is 0.481 e. The highest BCUT2D eigenvalue weighted by molar-refractivity contribution is 7.15. The van der Waals surface area contributed by atoms with Crippen LogP contribution in [-0.4, -0.2) is 46.3 Å². The van der Waals surface area contributed by atoms with Crippen molar-refractivity contribution in [3.8, 4) is 0 Å². The van der Waals surface area contributed by atoms with E-state index in [9.17, 15) is 22.8 Å². The molecule has 0 aromatic carbocycles. The molecule has 0 spiro atoms. The average molecular weight is 323 g/mol. The molecule has 1 aromatic rings. The molecule has 1 saturated heterocycles. The Hall–Kier alpha value is -1.84. The Labute approximate surface area is 121 Å². The van der Waals surface area contributed by atoms with E-state index >= 15 is 0 Å². The van der Waals surface area contributed by atoms with Crippen LogP contribution in [0, 0.1) is 18.8 Å². The Kier molecular flexibility index (Phi) is 4.08. The summed E-state index contributed by atoms with van der Waals surface area (Å²) >= 11 is 1.18. The third-order valence-electron chi connectivity index (χ3n) is 3.18. The van der Waals surface area contributed by atoms with Crippen molar-refractivity contribution in [2.45, 2.75) is 13.1 Å². The number of aliphatic carboxylic acids is 1. The summed E-state index contributed by atoms with van der Waals surface area (Å²) in [4.78, 5) is 28.4. The van der Waals surface area contributed by atoms with E-state index in [2.05, 4.69) is 10.3 Å². The molecule has 2 rings (SSSR count). The zero-order chi connectivity index (χ0) is 15.8. The van der Waals surface area contributed by atoms with Crippen molar-refractivity contribution in [3.05, 3.63) is 11.1 Å². The van der Waals surface area contributed by atoms with Crippen LogP contribution < -0.4 is 5.32 Å². The number of halogens is 3. The van der Waals surface area contributed by atoms with Gasteiger partial charge >= 0.3 is 18.2 Å². The maximum atomic E-state index is 12.8. The molecule has 0 aliphatic carbocycles. The molecule has 2 atom stereocenters. The zero-order valence-corrected chi connectivity index (χ0v) is 11.7. The van der Waals surface area contributed by atoms with E-state index in [4.69, 9.17) is 5.11 Å². The molecule has 6 nitrogen and oxygen atoms in total. The molecule has 2 N–H and O–H groups in total. The second-order valence-electron chi connectivity index (χ2n) is 4.70. The lowest BCUT2D eigenvalue weighted by Crippen LogP contribution is -2.35. The fraction of sp³-hybridized carbons (Fsp3) is 0.545. The van der Waals surface area contributed by atoms with Gasteiger partial charge in [0.15, 0.2) is 5.13 Å². The molecule has 2 amide bonds.